The minimum atomic E-state index is -1.17. The van der Waals surface area contributed by atoms with Gasteiger partial charge in [-0.3, -0.25) is 0 Å². The summed E-state index contributed by atoms with van der Waals surface area (Å²) >= 11 is 0. The maximum absolute atomic E-state index is 10.7. The second-order valence-corrected chi connectivity index (χ2v) is 3.78. The molecule has 0 atom stereocenters. The minimum Gasteiger partial charge on any atom is -0.491 e. The van der Waals surface area contributed by atoms with Crippen LogP contribution < -0.4 is 14.2 Å². The lowest BCUT2D eigenvalue weighted by Crippen LogP contribution is -2.13. The van der Waals surface area contributed by atoms with Crippen molar-refractivity contribution in [2.45, 2.75) is 20.0 Å². The molecule has 90 valence electrons. The Hall–Kier alpha value is -2.17. The Morgan fingerprint density at radius 2 is 2.12 bits per heavy atom. The maximum atomic E-state index is 10.7. The molecule has 0 saturated heterocycles. The third-order valence-electron chi connectivity index (χ3n) is 2.01. The molecular weight excluding hydrogens is 224 g/mol. The number of rotatable bonds is 3. The van der Waals surface area contributed by atoms with Crippen LogP contribution in [0, 0.1) is 0 Å². The minimum absolute atomic E-state index is 0.0580. The predicted molar refractivity (Wildman–Crippen MR) is 59.2 cm³/mol. The van der Waals surface area contributed by atoms with Crippen molar-refractivity contribution < 1.29 is 24.1 Å². The van der Waals surface area contributed by atoms with E-state index in [-0.39, 0.29) is 11.9 Å². The lowest BCUT2D eigenvalue weighted by Gasteiger charge is -2.17. The molecule has 0 amide bonds. The molecule has 1 aliphatic heterocycles. The standard InChI is InChI=1S/C12H12O5/c1-7(2)16-8-3-4-9-10(5-8)15-6-11(17-9)12(13)14/h3-7H,1-2H3,(H,13,14). The van der Waals surface area contributed by atoms with Crippen LogP contribution in [0.15, 0.2) is 30.2 Å². The van der Waals surface area contributed by atoms with E-state index in [1.807, 2.05) is 13.8 Å². The van der Waals surface area contributed by atoms with Crippen molar-refractivity contribution in [3.8, 4) is 17.2 Å². The first kappa shape index (κ1) is 11.3. The first-order valence-corrected chi connectivity index (χ1v) is 5.15. The van der Waals surface area contributed by atoms with Crippen molar-refractivity contribution in [3.63, 3.8) is 0 Å². The largest absolute Gasteiger partial charge is 0.491 e. The molecule has 0 aromatic heterocycles. The van der Waals surface area contributed by atoms with Gasteiger partial charge in [0.2, 0.25) is 5.76 Å². The fourth-order valence-corrected chi connectivity index (χ4v) is 1.36. The molecular formula is C12H12O5. The zero-order valence-corrected chi connectivity index (χ0v) is 9.47. The van der Waals surface area contributed by atoms with E-state index in [1.165, 1.54) is 0 Å². The van der Waals surface area contributed by atoms with Crippen molar-refractivity contribution in [3.05, 3.63) is 30.2 Å². The summed E-state index contributed by atoms with van der Waals surface area (Å²) in [6.45, 7) is 3.83. The molecule has 0 bridgehead atoms. The second kappa shape index (κ2) is 4.37. The van der Waals surface area contributed by atoms with Crippen molar-refractivity contribution in [1.82, 2.24) is 0 Å². The van der Waals surface area contributed by atoms with E-state index in [1.54, 1.807) is 18.2 Å². The zero-order chi connectivity index (χ0) is 12.4. The number of hydrogen-bond acceptors (Lipinski definition) is 4. The van der Waals surface area contributed by atoms with Gasteiger partial charge in [-0.25, -0.2) is 4.79 Å². The molecule has 0 radical (unpaired) electrons. The molecule has 0 spiro atoms. The van der Waals surface area contributed by atoms with Crippen LogP contribution in [0.4, 0.5) is 0 Å². The Morgan fingerprint density at radius 1 is 1.35 bits per heavy atom. The number of hydrogen-bond donors (Lipinski definition) is 1. The molecule has 0 saturated carbocycles. The van der Waals surface area contributed by atoms with Gasteiger partial charge in [0.15, 0.2) is 11.5 Å². The highest BCUT2D eigenvalue weighted by molar-refractivity contribution is 5.85. The van der Waals surface area contributed by atoms with Gasteiger partial charge >= 0.3 is 5.97 Å². The van der Waals surface area contributed by atoms with Gasteiger partial charge in [0.25, 0.3) is 0 Å². The van der Waals surface area contributed by atoms with Crippen molar-refractivity contribution in [2.75, 3.05) is 0 Å². The van der Waals surface area contributed by atoms with E-state index in [2.05, 4.69) is 0 Å². The van der Waals surface area contributed by atoms with Gasteiger partial charge in [-0.1, -0.05) is 0 Å². The summed E-state index contributed by atoms with van der Waals surface area (Å²) in [5, 5.41) is 8.74. The number of carboxylic acid groups (broad SMARTS) is 1. The van der Waals surface area contributed by atoms with E-state index < -0.39 is 5.97 Å². The Labute approximate surface area is 98.2 Å². The van der Waals surface area contributed by atoms with Crippen LogP contribution in [0.2, 0.25) is 0 Å². The molecule has 0 fully saturated rings. The average Bonchev–Trinajstić information content (AvgIpc) is 2.27. The monoisotopic (exact) mass is 236 g/mol. The van der Waals surface area contributed by atoms with Crippen LogP contribution in [0.3, 0.4) is 0 Å². The molecule has 1 aromatic rings. The summed E-state index contributed by atoms with van der Waals surface area (Å²) in [5.41, 5.74) is 0. The average molecular weight is 236 g/mol. The van der Waals surface area contributed by atoms with Crippen LogP contribution in [-0.2, 0) is 4.79 Å². The first-order chi connectivity index (χ1) is 8.06. The highest BCUT2D eigenvalue weighted by Gasteiger charge is 2.19. The lowest BCUT2D eigenvalue weighted by atomic mass is 10.3. The normalized spacial score (nSPS) is 13.2. The first-order valence-electron chi connectivity index (χ1n) is 5.15. The molecule has 0 unspecified atom stereocenters. The summed E-state index contributed by atoms with van der Waals surface area (Å²) in [6.07, 6.45) is 1.12. The summed E-state index contributed by atoms with van der Waals surface area (Å²) in [5.74, 6) is 0.0388. The van der Waals surface area contributed by atoms with Crippen molar-refractivity contribution in [2.24, 2.45) is 0 Å². The van der Waals surface area contributed by atoms with E-state index >= 15 is 0 Å². The van der Waals surface area contributed by atoms with Gasteiger partial charge in [-0.2, -0.15) is 0 Å². The molecule has 1 N–H and O–H groups in total. The van der Waals surface area contributed by atoms with Crippen LogP contribution in [0.1, 0.15) is 13.8 Å². The van der Waals surface area contributed by atoms with E-state index in [0.29, 0.717) is 17.2 Å². The van der Waals surface area contributed by atoms with Crippen LogP contribution >= 0.6 is 0 Å². The summed E-state index contributed by atoms with van der Waals surface area (Å²) in [4.78, 5) is 10.7. The van der Waals surface area contributed by atoms with Crippen molar-refractivity contribution >= 4 is 5.97 Å². The Morgan fingerprint density at radius 3 is 2.76 bits per heavy atom. The fraction of sp³-hybridized carbons (Fsp3) is 0.250. The van der Waals surface area contributed by atoms with Crippen LogP contribution in [0.5, 0.6) is 17.2 Å². The highest BCUT2D eigenvalue weighted by atomic mass is 16.6. The third kappa shape index (κ3) is 2.50. The maximum Gasteiger partial charge on any atom is 0.375 e. The van der Waals surface area contributed by atoms with Gasteiger partial charge in [-0.15, -0.1) is 0 Å². The van der Waals surface area contributed by atoms with Gasteiger partial charge in [-0.05, 0) is 26.0 Å². The number of carbonyl (C=O) groups is 1. The Kier molecular flexibility index (Phi) is 2.91. The Balaban J connectivity index is 2.21. The quantitative estimate of drug-likeness (QED) is 0.871. The van der Waals surface area contributed by atoms with Gasteiger partial charge in [0.05, 0.1) is 6.10 Å². The predicted octanol–water partition coefficient (Wildman–Crippen LogP) is 2.17. The van der Waals surface area contributed by atoms with E-state index in [4.69, 9.17) is 19.3 Å². The third-order valence-corrected chi connectivity index (χ3v) is 2.01. The summed E-state index contributed by atoms with van der Waals surface area (Å²) in [6, 6.07) is 4.97. The fourth-order valence-electron chi connectivity index (χ4n) is 1.36. The highest BCUT2D eigenvalue weighted by Crippen LogP contribution is 2.35. The molecule has 1 aromatic carbocycles. The SMILES string of the molecule is CC(C)Oc1ccc2c(c1)OC=C(C(=O)O)O2. The van der Waals surface area contributed by atoms with Crippen LogP contribution in [0.25, 0.3) is 0 Å². The zero-order valence-electron chi connectivity index (χ0n) is 9.47. The molecule has 2 rings (SSSR count). The number of ether oxygens (including phenoxy) is 3. The summed E-state index contributed by atoms with van der Waals surface area (Å²) in [7, 11) is 0. The van der Waals surface area contributed by atoms with Gasteiger partial charge in [0.1, 0.15) is 12.0 Å². The number of aliphatic carboxylic acids is 1. The lowest BCUT2D eigenvalue weighted by molar-refractivity contribution is -0.135. The van der Waals surface area contributed by atoms with Gasteiger partial charge in [0, 0.05) is 6.07 Å². The molecule has 5 heteroatoms. The van der Waals surface area contributed by atoms with E-state index in [0.717, 1.165) is 6.26 Å². The second-order valence-electron chi connectivity index (χ2n) is 3.78. The van der Waals surface area contributed by atoms with E-state index in [9.17, 15) is 4.79 Å². The summed E-state index contributed by atoms with van der Waals surface area (Å²) < 4.78 is 15.8. The molecule has 17 heavy (non-hydrogen) atoms. The number of fused-ring (bicyclic) bond motifs is 1. The molecule has 1 heterocycles. The van der Waals surface area contributed by atoms with Gasteiger partial charge < -0.3 is 19.3 Å². The topological polar surface area (TPSA) is 65.0 Å². The van der Waals surface area contributed by atoms with Crippen molar-refractivity contribution in [1.29, 1.82) is 0 Å². The molecule has 0 aliphatic carbocycles. The molecule has 1 aliphatic rings. The smallest absolute Gasteiger partial charge is 0.375 e. The number of benzene rings is 1. The Bertz CT molecular complexity index is 476. The molecule has 5 nitrogen and oxygen atoms in total. The number of carboxylic acids is 1. The van der Waals surface area contributed by atoms with Crippen LogP contribution in [-0.4, -0.2) is 17.2 Å².